The molecule has 32 heavy (non-hydrogen) atoms. The second-order valence-electron chi connectivity index (χ2n) is 7.01. The second kappa shape index (κ2) is 11.1. The second-order valence-corrected chi connectivity index (χ2v) is 8.72. The van der Waals surface area contributed by atoms with Gasteiger partial charge in [0.15, 0.2) is 0 Å². The fourth-order valence-electron chi connectivity index (χ4n) is 3.00. The Bertz CT molecular complexity index is 1170. The molecule has 1 atom stereocenters. The van der Waals surface area contributed by atoms with Crippen LogP contribution in [0.5, 0.6) is 5.75 Å². The largest absolute Gasteiger partial charge is 0.487 e. The van der Waals surface area contributed by atoms with Gasteiger partial charge in [-0.05, 0) is 85.8 Å². The molecule has 3 aromatic carbocycles. The lowest BCUT2D eigenvalue weighted by Crippen LogP contribution is -2.27. The number of benzene rings is 3. The van der Waals surface area contributed by atoms with Crippen molar-refractivity contribution in [2.45, 2.75) is 19.6 Å². The molecule has 0 fully saturated rings. The Morgan fingerprint density at radius 2 is 1.81 bits per heavy atom. The van der Waals surface area contributed by atoms with Crippen molar-refractivity contribution in [1.82, 2.24) is 5.32 Å². The summed E-state index contributed by atoms with van der Waals surface area (Å²) in [5.74, 6) is -0.247. The van der Waals surface area contributed by atoms with E-state index in [0.29, 0.717) is 25.8 Å². The topological polar surface area (TPSA) is 62.1 Å². The average molecular weight is 558 g/mol. The number of hydrogen-bond donors (Lipinski definition) is 1. The van der Waals surface area contributed by atoms with E-state index in [1.165, 1.54) is 18.2 Å². The highest BCUT2D eigenvalue weighted by atomic mass is 79.9. The molecule has 0 spiro atoms. The Morgan fingerprint density at radius 1 is 1.12 bits per heavy atom. The third-order valence-electron chi connectivity index (χ3n) is 4.62. The van der Waals surface area contributed by atoms with Gasteiger partial charge >= 0.3 is 0 Å². The van der Waals surface area contributed by atoms with Gasteiger partial charge < -0.3 is 10.1 Å². The molecule has 0 heterocycles. The number of rotatable bonds is 7. The van der Waals surface area contributed by atoms with E-state index < -0.39 is 5.91 Å². The minimum atomic E-state index is -0.456. The van der Waals surface area contributed by atoms with Gasteiger partial charge in [-0.2, -0.15) is 5.26 Å². The normalized spacial score (nSPS) is 12.0. The van der Waals surface area contributed by atoms with Crippen molar-refractivity contribution in [3.05, 3.63) is 104 Å². The van der Waals surface area contributed by atoms with Crippen molar-refractivity contribution in [3.63, 3.8) is 0 Å². The van der Waals surface area contributed by atoms with E-state index in [2.05, 4.69) is 37.2 Å². The first kappa shape index (κ1) is 23.7. The van der Waals surface area contributed by atoms with Crippen LogP contribution in [0, 0.1) is 17.1 Å². The SMILES string of the molecule is C[C@H](NC(=O)/C(C#N)=C\c1cc(Br)c(OCc2cccc(F)c2)c(Br)c1)c1ccccc1. The highest BCUT2D eigenvalue weighted by Crippen LogP contribution is 2.36. The number of nitrogens with one attached hydrogen (secondary N) is 1. The Balaban J connectivity index is 1.74. The van der Waals surface area contributed by atoms with Crippen LogP contribution in [0.25, 0.3) is 6.08 Å². The zero-order valence-corrected chi connectivity index (χ0v) is 20.3. The quantitative estimate of drug-likeness (QED) is 0.259. The molecule has 7 heteroatoms. The van der Waals surface area contributed by atoms with Crippen LogP contribution in [0.1, 0.15) is 29.7 Å². The lowest BCUT2D eigenvalue weighted by atomic mass is 10.1. The number of ether oxygens (including phenoxy) is 1. The van der Waals surface area contributed by atoms with Gasteiger partial charge in [-0.1, -0.05) is 42.5 Å². The standard InChI is InChI=1S/C25H19Br2FN2O2/c1-16(19-7-3-2-4-8-19)30-25(31)20(14-29)10-18-12-22(26)24(23(27)13-18)32-15-17-6-5-9-21(28)11-17/h2-13,16H,15H2,1H3,(H,30,31)/b20-10-/t16-/m0/s1. The Morgan fingerprint density at radius 3 is 2.44 bits per heavy atom. The fraction of sp³-hybridized carbons (Fsp3) is 0.120. The van der Waals surface area contributed by atoms with Crippen molar-refractivity contribution in [2.75, 3.05) is 0 Å². The van der Waals surface area contributed by atoms with Crippen molar-refractivity contribution in [2.24, 2.45) is 0 Å². The third kappa shape index (κ3) is 6.28. The van der Waals surface area contributed by atoms with Crippen molar-refractivity contribution >= 4 is 43.8 Å². The summed E-state index contributed by atoms with van der Waals surface area (Å²) in [7, 11) is 0. The Labute approximate surface area is 203 Å². The molecule has 0 bridgehead atoms. The molecule has 0 saturated heterocycles. The van der Waals surface area contributed by atoms with E-state index in [0.717, 1.165) is 5.56 Å². The highest BCUT2D eigenvalue weighted by molar-refractivity contribution is 9.11. The van der Waals surface area contributed by atoms with E-state index in [-0.39, 0.29) is 24.0 Å². The molecule has 0 aliphatic rings. The van der Waals surface area contributed by atoms with Crippen LogP contribution >= 0.6 is 31.9 Å². The first-order valence-corrected chi connectivity index (χ1v) is 11.3. The summed E-state index contributed by atoms with van der Waals surface area (Å²) in [6.45, 7) is 2.05. The van der Waals surface area contributed by atoms with Gasteiger partial charge in [0, 0.05) is 0 Å². The molecule has 1 amide bonds. The molecule has 0 unspecified atom stereocenters. The van der Waals surface area contributed by atoms with Gasteiger partial charge in [0.1, 0.15) is 29.8 Å². The summed E-state index contributed by atoms with van der Waals surface area (Å²) >= 11 is 6.93. The lowest BCUT2D eigenvalue weighted by molar-refractivity contribution is -0.117. The van der Waals surface area contributed by atoms with Crippen molar-refractivity contribution in [3.8, 4) is 11.8 Å². The smallest absolute Gasteiger partial charge is 0.262 e. The van der Waals surface area contributed by atoms with E-state index in [1.54, 1.807) is 24.3 Å². The van der Waals surface area contributed by atoms with Crippen LogP contribution in [0.15, 0.2) is 81.2 Å². The van der Waals surface area contributed by atoms with E-state index in [4.69, 9.17) is 4.74 Å². The summed E-state index contributed by atoms with van der Waals surface area (Å²) < 4.78 is 20.4. The van der Waals surface area contributed by atoms with E-state index in [9.17, 15) is 14.4 Å². The number of carbonyl (C=O) groups excluding carboxylic acids is 1. The van der Waals surface area contributed by atoms with Crippen molar-refractivity contribution < 1.29 is 13.9 Å². The molecule has 0 aromatic heterocycles. The van der Waals surface area contributed by atoms with Crippen LogP contribution in [-0.2, 0) is 11.4 Å². The average Bonchev–Trinajstić information content (AvgIpc) is 2.77. The predicted molar refractivity (Wildman–Crippen MR) is 129 cm³/mol. The molecule has 3 rings (SSSR count). The molecule has 0 saturated carbocycles. The van der Waals surface area contributed by atoms with Crippen LogP contribution in [-0.4, -0.2) is 5.91 Å². The molecule has 162 valence electrons. The zero-order chi connectivity index (χ0) is 23.1. The monoisotopic (exact) mass is 556 g/mol. The third-order valence-corrected chi connectivity index (χ3v) is 5.79. The van der Waals surface area contributed by atoms with Crippen LogP contribution in [0.2, 0.25) is 0 Å². The summed E-state index contributed by atoms with van der Waals surface area (Å²) in [4.78, 5) is 12.6. The minimum Gasteiger partial charge on any atom is -0.487 e. The first-order chi connectivity index (χ1) is 15.4. The van der Waals surface area contributed by atoms with E-state index >= 15 is 0 Å². The molecule has 0 radical (unpaired) electrons. The zero-order valence-electron chi connectivity index (χ0n) is 17.1. The number of nitriles is 1. The van der Waals surface area contributed by atoms with Gasteiger partial charge in [0.25, 0.3) is 5.91 Å². The minimum absolute atomic E-state index is 0.0139. The number of carbonyl (C=O) groups is 1. The summed E-state index contributed by atoms with van der Waals surface area (Å²) in [5, 5.41) is 12.4. The number of halogens is 3. The molecule has 0 aliphatic heterocycles. The van der Waals surface area contributed by atoms with Gasteiger partial charge in [0.2, 0.25) is 0 Å². The molecule has 3 aromatic rings. The molecule has 0 aliphatic carbocycles. The summed E-state index contributed by atoms with van der Waals surface area (Å²) in [6, 6.07) is 20.9. The molecule has 4 nitrogen and oxygen atoms in total. The number of hydrogen-bond acceptors (Lipinski definition) is 3. The maximum Gasteiger partial charge on any atom is 0.262 e. The maximum absolute atomic E-state index is 13.4. The predicted octanol–water partition coefficient (Wildman–Crippen LogP) is 6.71. The summed E-state index contributed by atoms with van der Waals surface area (Å²) in [5.41, 5.74) is 2.27. The van der Waals surface area contributed by atoms with Gasteiger partial charge in [-0.25, -0.2) is 4.39 Å². The van der Waals surface area contributed by atoms with Gasteiger partial charge in [-0.15, -0.1) is 0 Å². The lowest BCUT2D eigenvalue weighted by Gasteiger charge is -2.14. The maximum atomic E-state index is 13.4. The Kier molecular flexibility index (Phi) is 8.20. The molecular weight excluding hydrogens is 539 g/mol. The molecular formula is C25H19Br2FN2O2. The van der Waals surface area contributed by atoms with Crippen molar-refractivity contribution in [1.29, 1.82) is 5.26 Å². The number of nitrogens with zero attached hydrogens (tertiary/aromatic N) is 1. The van der Waals surface area contributed by atoms with Gasteiger partial charge in [0.05, 0.1) is 15.0 Å². The molecule has 1 N–H and O–H groups in total. The van der Waals surface area contributed by atoms with Gasteiger partial charge in [-0.3, -0.25) is 4.79 Å². The summed E-state index contributed by atoms with van der Waals surface area (Å²) in [6.07, 6.45) is 1.51. The fourth-order valence-corrected chi connectivity index (χ4v) is 4.45. The Hall–Kier alpha value is -2.95. The van der Waals surface area contributed by atoms with Crippen LogP contribution in [0.4, 0.5) is 4.39 Å². The highest BCUT2D eigenvalue weighted by Gasteiger charge is 2.15. The number of amides is 1. The van der Waals surface area contributed by atoms with E-state index in [1.807, 2.05) is 43.3 Å². The van der Waals surface area contributed by atoms with Crippen LogP contribution < -0.4 is 10.1 Å². The van der Waals surface area contributed by atoms with Crippen LogP contribution in [0.3, 0.4) is 0 Å². The first-order valence-electron chi connectivity index (χ1n) is 9.71.